The van der Waals surface area contributed by atoms with Crippen molar-refractivity contribution in [3.8, 4) is 0 Å². The molecule has 1 aliphatic heterocycles. The summed E-state index contributed by atoms with van der Waals surface area (Å²) in [5.74, 6) is 1.45. The van der Waals surface area contributed by atoms with Crippen LogP contribution in [0, 0.1) is 11.8 Å². The first-order chi connectivity index (χ1) is 9.69. The van der Waals surface area contributed by atoms with Crippen LogP contribution in [-0.2, 0) is 0 Å². The molecule has 1 saturated heterocycles. The standard InChI is InChI=1S/C16H20N2OS/c1-11-5-6-12-9-18(10-13(12)8-11)16(19)14-4-3-7-17-15(14)20-2/h3-5,7,12-13H,6,8-10H2,1-2H3. The third-order valence-electron chi connectivity index (χ3n) is 4.41. The number of hydrogen-bond acceptors (Lipinski definition) is 3. The number of amides is 1. The molecule has 1 aromatic heterocycles. The Labute approximate surface area is 124 Å². The maximum Gasteiger partial charge on any atom is 0.256 e. The molecule has 2 aliphatic rings. The van der Waals surface area contributed by atoms with E-state index >= 15 is 0 Å². The zero-order valence-corrected chi connectivity index (χ0v) is 12.8. The number of fused-ring (bicyclic) bond motifs is 1. The van der Waals surface area contributed by atoms with Gasteiger partial charge in [-0.3, -0.25) is 4.79 Å². The number of aromatic nitrogens is 1. The number of rotatable bonds is 2. The van der Waals surface area contributed by atoms with Crippen LogP contribution in [0.4, 0.5) is 0 Å². The van der Waals surface area contributed by atoms with Gasteiger partial charge in [0.15, 0.2) is 0 Å². The van der Waals surface area contributed by atoms with E-state index in [1.807, 2.05) is 23.3 Å². The molecule has 1 aliphatic carbocycles. The highest BCUT2D eigenvalue weighted by molar-refractivity contribution is 7.98. The van der Waals surface area contributed by atoms with Crippen LogP contribution >= 0.6 is 11.8 Å². The maximum atomic E-state index is 12.7. The molecule has 3 rings (SSSR count). The zero-order chi connectivity index (χ0) is 14.1. The van der Waals surface area contributed by atoms with Gasteiger partial charge in [0.25, 0.3) is 5.91 Å². The average Bonchev–Trinajstić information content (AvgIpc) is 2.89. The predicted molar refractivity (Wildman–Crippen MR) is 81.9 cm³/mol. The Bertz CT molecular complexity index is 555. The van der Waals surface area contributed by atoms with Crippen molar-refractivity contribution < 1.29 is 4.79 Å². The van der Waals surface area contributed by atoms with E-state index in [0.717, 1.165) is 36.5 Å². The molecular weight excluding hydrogens is 268 g/mol. The number of hydrogen-bond donors (Lipinski definition) is 0. The molecule has 1 amide bonds. The van der Waals surface area contributed by atoms with Crippen molar-refractivity contribution in [1.29, 1.82) is 0 Å². The lowest BCUT2D eigenvalue weighted by Crippen LogP contribution is -2.29. The molecule has 1 fully saturated rings. The molecule has 0 N–H and O–H groups in total. The summed E-state index contributed by atoms with van der Waals surface area (Å²) in [5.41, 5.74) is 2.23. The van der Waals surface area contributed by atoms with E-state index < -0.39 is 0 Å². The Morgan fingerprint density at radius 2 is 2.20 bits per heavy atom. The largest absolute Gasteiger partial charge is 0.338 e. The van der Waals surface area contributed by atoms with Crippen LogP contribution in [0.2, 0.25) is 0 Å². The van der Waals surface area contributed by atoms with Crippen molar-refractivity contribution in [2.75, 3.05) is 19.3 Å². The third kappa shape index (κ3) is 2.49. The van der Waals surface area contributed by atoms with Gasteiger partial charge in [-0.1, -0.05) is 11.6 Å². The Balaban J connectivity index is 1.77. The minimum absolute atomic E-state index is 0.148. The van der Waals surface area contributed by atoms with Crippen LogP contribution in [-0.4, -0.2) is 35.1 Å². The minimum atomic E-state index is 0.148. The van der Waals surface area contributed by atoms with Gasteiger partial charge in [0.2, 0.25) is 0 Å². The highest BCUT2D eigenvalue weighted by Gasteiger charge is 2.36. The number of thioether (sulfide) groups is 1. The van der Waals surface area contributed by atoms with Crippen LogP contribution in [0.3, 0.4) is 0 Å². The Morgan fingerprint density at radius 3 is 3.00 bits per heavy atom. The van der Waals surface area contributed by atoms with E-state index in [-0.39, 0.29) is 5.91 Å². The van der Waals surface area contributed by atoms with Crippen molar-refractivity contribution in [1.82, 2.24) is 9.88 Å². The third-order valence-corrected chi connectivity index (χ3v) is 5.12. The fraction of sp³-hybridized carbons (Fsp3) is 0.500. The van der Waals surface area contributed by atoms with Crippen LogP contribution in [0.1, 0.15) is 30.1 Å². The smallest absolute Gasteiger partial charge is 0.256 e. The molecule has 2 unspecified atom stereocenters. The van der Waals surface area contributed by atoms with Crippen molar-refractivity contribution in [3.05, 3.63) is 35.5 Å². The van der Waals surface area contributed by atoms with E-state index in [9.17, 15) is 4.79 Å². The van der Waals surface area contributed by atoms with Crippen LogP contribution in [0.15, 0.2) is 35.0 Å². The van der Waals surface area contributed by atoms with E-state index in [0.29, 0.717) is 11.8 Å². The summed E-state index contributed by atoms with van der Waals surface area (Å²) in [5, 5.41) is 0.835. The fourth-order valence-corrected chi connectivity index (χ4v) is 3.88. The molecule has 0 spiro atoms. The van der Waals surface area contributed by atoms with Gasteiger partial charge in [0.05, 0.1) is 5.56 Å². The second-order valence-corrected chi connectivity index (χ2v) is 6.58. The quantitative estimate of drug-likeness (QED) is 0.619. The molecule has 2 heterocycles. The van der Waals surface area contributed by atoms with E-state index in [2.05, 4.69) is 18.0 Å². The normalized spacial score (nSPS) is 25.3. The first kappa shape index (κ1) is 13.7. The summed E-state index contributed by atoms with van der Waals surface area (Å²) in [4.78, 5) is 19.0. The SMILES string of the molecule is CSc1ncccc1C(=O)N1CC2CC=C(C)CC2C1. The molecule has 2 atom stereocenters. The van der Waals surface area contributed by atoms with E-state index in [4.69, 9.17) is 0 Å². The number of carbonyl (C=O) groups excluding carboxylic acids is 1. The van der Waals surface area contributed by atoms with Gasteiger partial charge in [-0.15, -0.1) is 11.8 Å². The highest BCUT2D eigenvalue weighted by Crippen LogP contribution is 2.36. The van der Waals surface area contributed by atoms with Gasteiger partial charge in [-0.25, -0.2) is 4.98 Å². The number of nitrogens with zero attached hydrogens (tertiary/aromatic N) is 2. The van der Waals surface area contributed by atoms with Gasteiger partial charge in [-0.05, 0) is 50.0 Å². The lowest BCUT2D eigenvalue weighted by Gasteiger charge is -2.21. The van der Waals surface area contributed by atoms with Crippen LogP contribution in [0.5, 0.6) is 0 Å². The summed E-state index contributed by atoms with van der Waals surface area (Å²) < 4.78 is 0. The summed E-state index contributed by atoms with van der Waals surface area (Å²) in [6, 6.07) is 3.74. The maximum absolute atomic E-state index is 12.7. The molecule has 0 aromatic carbocycles. The van der Waals surface area contributed by atoms with Crippen molar-refractivity contribution >= 4 is 17.7 Å². The summed E-state index contributed by atoms with van der Waals surface area (Å²) in [6.45, 7) is 4.00. The highest BCUT2D eigenvalue weighted by atomic mass is 32.2. The van der Waals surface area contributed by atoms with Gasteiger partial charge in [0, 0.05) is 19.3 Å². The predicted octanol–water partition coefficient (Wildman–Crippen LogP) is 3.23. The number of pyridine rings is 1. The molecule has 0 radical (unpaired) electrons. The molecule has 20 heavy (non-hydrogen) atoms. The second-order valence-electron chi connectivity index (χ2n) is 5.78. The molecule has 0 saturated carbocycles. The van der Waals surface area contributed by atoms with Crippen LogP contribution < -0.4 is 0 Å². The number of likely N-dealkylation sites (tertiary alicyclic amines) is 1. The van der Waals surface area contributed by atoms with Crippen molar-refractivity contribution in [2.45, 2.75) is 24.8 Å². The fourth-order valence-electron chi connectivity index (χ4n) is 3.34. The van der Waals surface area contributed by atoms with Gasteiger partial charge in [0.1, 0.15) is 5.03 Å². The van der Waals surface area contributed by atoms with E-state index in [1.165, 1.54) is 17.3 Å². The molecule has 3 nitrogen and oxygen atoms in total. The number of allylic oxidation sites excluding steroid dienone is 2. The van der Waals surface area contributed by atoms with Gasteiger partial charge < -0.3 is 4.90 Å². The summed E-state index contributed by atoms with van der Waals surface area (Å²) >= 11 is 1.54. The zero-order valence-electron chi connectivity index (χ0n) is 12.0. The second kappa shape index (κ2) is 5.60. The van der Waals surface area contributed by atoms with Gasteiger partial charge in [-0.2, -0.15) is 0 Å². The molecule has 106 valence electrons. The lowest BCUT2D eigenvalue weighted by molar-refractivity contribution is 0.0780. The first-order valence-corrected chi connectivity index (χ1v) is 8.35. The van der Waals surface area contributed by atoms with Crippen molar-refractivity contribution in [3.63, 3.8) is 0 Å². The number of carbonyl (C=O) groups is 1. The molecular formula is C16H20N2OS. The first-order valence-electron chi connectivity index (χ1n) is 7.13. The Kier molecular flexibility index (Phi) is 3.83. The Hall–Kier alpha value is -1.29. The monoisotopic (exact) mass is 288 g/mol. The minimum Gasteiger partial charge on any atom is -0.338 e. The molecule has 0 bridgehead atoms. The van der Waals surface area contributed by atoms with Crippen LogP contribution in [0.25, 0.3) is 0 Å². The van der Waals surface area contributed by atoms with Crippen molar-refractivity contribution in [2.24, 2.45) is 11.8 Å². The molecule has 4 heteroatoms. The topological polar surface area (TPSA) is 33.2 Å². The molecule has 1 aromatic rings. The van der Waals surface area contributed by atoms with Gasteiger partial charge >= 0.3 is 0 Å². The van der Waals surface area contributed by atoms with E-state index in [1.54, 1.807) is 6.20 Å². The Morgan fingerprint density at radius 1 is 1.40 bits per heavy atom. The average molecular weight is 288 g/mol. The summed E-state index contributed by atoms with van der Waals surface area (Å²) in [6.07, 6.45) is 8.34. The summed E-state index contributed by atoms with van der Waals surface area (Å²) in [7, 11) is 0. The lowest BCUT2D eigenvalue weighted by atomic mass is 9.83.